The SMILES string of the molecule is CC(=O)c1ccc(N2CCCN(c3ccccc3C)CC2)c(N)c1. The third-order valence-electron chi connectivity index (χ3n) is 4.73. The first kappa shape index (κ1) is 16.4. The Labute approximate surface area is 143 Å². The zero-order valence-corrected chi connectivity index (χ0v) is 14.5. The third kappa shape index (κ3) is 3.37. The molecule has 1 saturated heterocycles. The molecule has 1 aliphatic heterocycles. The van der Waals surface area contributed by atoms with Crippen LogP contribution in [0.2, 0.25) is 0 Å². The van der Waals surface area contributed by atoms with Crippen molar-refractivity contribution in [2.45, 2.75) is 20.3 Å². The van der Waals surface area contributed by atoms with Gasteiger partial charge in [0, 0.05) is 37.4 Å². The predicted octanol–water partition coefficient (Wildman–Crippen LogP) is 3.50. The smallest absolute Gasteiger partial charge is 0.159 e. The Morgan fingerprint density at radius 3 is 2.25 bits per heavy atom. The molecule has 0 aliphatic carbocycles. The molecule has 2 aromatic carbocycles. The van der Waals surface area contributed by atoms with Crippen molar-refractivity contribution in [3.63, 3.8) is 0 Å². The van der Waals surface area contributed by atoms with Gasteiger partial charge in [-0.2, -0.15) is 0 Å². The first-order chi connectivity index (χ1) is 11.6. The highest BCUT2D eigenvalue weighted by Crippen LogP contribution is 2.27. The summed E-state index contributed by atoms with van der Waals surface area (Å²) in [5.74, 6) is 0.0508. The second-order valence-corrected chi connectivity index (χ2v) is 6.44. The molecule has 4 nitrogen and oxygen atoms in total. The van der Waals surface area contributed by atoms with Crippen molar-refractivity contribution in [2.24, 2.45) is 0 Å². The molecule has 0 unspecified atom stereocenters. The highest BCUT2D eigenvalue weighted by Gasteiger charge is 2.18. The molecule has 0 radical (unpaired) electrons. The van der Waals surface area contributed by atoms with Crippen LogP contribution in [0.25, 0.3) is 0 Å². The molecule has 2 aromatic rings. The van der Waals surface area contributed by atoms with Crippen LogP contribution in [0.5, 0.6) is 0 Å². The summed E-state index contributed by atoms with van der Waals surface area (Å²) in [5.41, 5.74) is 11.2. The molecule has 0 amide bonds. The van der Waals surface area contributed by atoms with Gasteiger partial charge in [-0.15, -0.1) is 0 Å². The van der Waals surface area contributed by atoms with Crippen molar-refractivity contribution in [3.05, 3.63) is 53.6 Å². The minimum absolute atomic E-state index is 0.0508. The number of anilines is 3. The Morgan fingerprint density at radius 1 is 0.958 bits per heavy atom. The molecule has 126 valence electrons. The zero-order chi connectivity index (χ0) is 17.1. The lowest BCUT2D eigenvalue weighted by Crippen LogP contribution is -2.31. The van der Waals surface area contributed by atoms with Crippen LogP contribution in [0.4, 0.5) is 17.1 Å². The standard InChI is InChI=1S/C20H25N3O/c1-15-6-3-4-7-19(15)22-10-5-11-23(13-12-22)20-9-8-17(16(2)24)14-18(20)21/h3-4,6-9,14H,5,10-13,21H2,1-2H3. The minimum atomic E-state index is 0.0508. The summed E-state index contributed by atoms with van der Waals surface area (Å²) in [6.07, 6.45) is 1.09. The van der Waals surface area contributed by atoms with Crippen LogP contribution in [0.15, 0.2) is 42.5 Å². The first-order valence-corrected chi connectivity index (χ1v) is 8.52. The van der Waals surface area contributed by atoms with E-state index >= 15 is 0 Å². The van der Waals surface area contributed by atoms with Gasteiger partial charge >= 0.3 is 0 Å². The number of para-hydroxylation sites is 1. The zero-order valence-electron chi connectivity index (χ0n) is 14.5. The Hall–Kier alpha value is -2.49. The number of Topliss-reactive ketones (excluding diaryl/α,β-unsaturated/α-hetero) is 1. The second-order valence-electron chi connectivity index (χ2n) is 6.44. The number of carbonyl (C=O) groups excluding carboxylic acids is 1. The number of hydrogen-bond acceptors (Lipinski definition) is 4. The first-order valence-electron chi connectivity index (χ1n) is 8.52. The molecule has 3 rings (SSSR count). The van der Waals surface area contributed by atoms with E-state index in [1.54, 1.807) is 13.0 Å². The highest BCUT2D eigenvalue weighted by atomic mass is 16.1. The lowest BCUT2D eigenvalue weighted by molar-refractivity contribution is 0.101. The molecule has 1 fully saturated rings. The lowest BCUT2D eigenvalue weighted by Gasteiger charge is -2.26. The number of nitrogens with two attached hydrogens (primary N) is 1. The molecule has 1 aliphatic rings. The van der Waals surface area contributed by atoms with Crippen molar-refractivity contribution in [1.82, 2.24) is 0 Å². The second kappa shape index (κ2) is 6.95. The maximum absolute atomic E-state index is 11.5. The van der Waals surface area contributed by atoms with Crippen LogP contribution in [0.1, 0.15) is 29.3 Å². The van der Waals surface area contributed by atoms with Gasteiger partial charge in [-0.1, -0.05) is 18.2 Å². The van der Waals surface area contributed by atoms with Crippen molar-refractivity contribution in [3.8, 4) is 0 Å². The average Bonchev–Trinajstić information content (AvgIpc) is 2.81. The van der Waals surface area contributed by atoms with Gasteiger partial charge in [0.1, 0.15) is 0 Å². The predicted molar refractivity (Wildman–Crippen MR) is 101 cm³/mol. The molecular weight excluding hydrogens is 298 g/mol. The summed E-state index contributed by atoms with van der Waals surface area (Å²) in [6, 6.07) is 14.2. The Morgan fingerprint density at radius 2 is 1.62 bits per heavy atom. The van der Waals surface area contributed by atoms with E-state index in [0.717, 1.165) is 38.3 Å². The molecule has 24 heavy (non-hydrogen) atoms. The lowest BCUT2D eigenvalue weighted by atomic mass is 10.1. The van der Waals surface area contributed by atoms with Crippen molar-refractivity contribution < 1.29 is 4.79 Å². The summed E-state index contributed by atoms with van der Waals surface area (Å²) in [6.45, 7) is 7.66. The van der Waals surface area contributed by atoms with Gasteiger partial charge in [-0.05, 0) is 50.1 Å². The maximum atomic E-state index is 11.5. The number of hydrogen-bond donors (Lipinski definition) is 1. The molecule has 0 aromatic heterocycles. The molecule has 0 bridgehead atoms. The van der Waals surface area contributed by atoms with Gasteiger partial charge in [0.15, 0.2) is 5.78 Å². The van der Waals surface area contributed by atoms with Crippen LogP contribution in [0, 0.1) is 6.92 Å². The third-order valence-corrected chi connectivity index (χ3v) is 4.73. The number of rotatable bonds is 3. The van der Waals surface area contributed by atoms with Gasteiger partial charge in [-0.3, -0.25) is 4.79 Å². The van der Waals surface area contributed by atoms with Gasteiger partial charge in [-0.25, -0.2) is 0 Å². The van der Waals surface area contributed by atoms with E-state index in [4.69, 9.17) is 5.73 Å². The fourth-order valence-electron chi connectivity index (χ4n) is 3.38. The number of carbonyl (C=O) groups is 1. The van der Waals surface area contributed by atoms with Crippen molar-refractivity contribution in [2.75, 3.05) is 41.7 Å². The molecule has 2 N–H and O–H groups in total. The van der Waals surface area contributed by atoms with E-state index < -0.39 is 0 Å². The quantitative estimate of drug-likeness (QED) is 0.694. The summed E-state index contributed by atoms with van der Waals surface area (Å²) in [4.78, 5) is 16.3. The number of ketones is 1. The van der Waals surface area contributed by atoms with E-state index in [-0.39, 0.29) is 5.78 Å². The van der Waals surface area contributed by atoms with E-state index in [9.17, 15) is 4.79 Å². The van der Waals surface area contributed by atoms with E-state index in [2.05, 4.69) is 41.0 Å². The Balaban J connectivity index is 1.76. The van der Waals surface area contributed by atoms with Gasteiger partial charge < -0.3 is 15.5 Å². The van der Waals surface area contributed by atoms with Crippen LogP contribution in [0.3, 0.4) is 0 Å². The topological polar surface area (TPSA) is 49.6 Å². The summed E-state index contributed by atoms with van der Waals surface area (Å²) in [5, 5.41) is 0. The number of nitrogens with zero attached hydrogens (tertiary/aromatic N) is 2. The number of benzene rings is 2. The van der Waals surface area contributed by atoms with Crippen molar-refractivity contribution in [1.29, 1.82) is 0 Å². The molecular formula is C20H25N3O. The average molecular weight is 323 g/mol. The molecule has 4 heteroatoms. The maximum Gasteiger partial charge on any atom is 0.159 e. The van der Waals surface area contributed by atoms with Crippen LogP contribution in [-0.4, -0.2) is 32.0 Å². The van der Waals surface area contributed by atoms with E-state index in [1.165, 1.54) is 11.3 Å². The number of nitrogen functional groups attached to an aromatic ring is 1. The summed E-state index contributed by atoms with van der Waals surface area (Å²) in [7, 11) is 0. The fourth-order valence-corrected chi connectivity index (χ4v) is 3.38. The normalized spacial score (nSPS) is 15.2. The fraction of sp³-hybridized carbons (Fsp3) is 0.350. The van der Waals surface area contributed by atoms with E-state index in [1.807, 2.05) is 12.1 Å². The summed E-state index contributed by atoms with van der Waals surface area (Å²) >= 11 is 0. The van der Waals surface area contributed by atoms with Gasteiger partial charge in [0.05, 0.1) is 11.4 Å². The van der Waals surface area contributed by atoms with E-state index in [0.29, 0.717) is 11.3 Å². The van der Waals surface area contributed by atoms with Gasteiger partial charge in [0.2, 0.25) is 0 Å². The van der Waals surface area contributed by atoms with Crippen LogP contribution < -0.4 is 15.5 Å². The van der Waals surface area contributed by atoms with Crippen LogP contribution in [-0.2, 0) is 0 Å². The molecule has 0 spiro atoms. The van der Waals surface area contributed by atoms with Gasteiger partial charge in [0.25, 0.3) is 0 Å². The molecule has 0 atom stereocenters. The van der Waals surface area contributed by atoms with Crippen LogP contribution >= 0.6 is 0 Å². The molecule has 0 saturated carbocycles. The van der Waals surface area contributed by atoms with Crippen molar-refractivity contribution >= 4 is 22.8 Å². The number of aryl methyl sites for hydroxylation is 1. The molecule has 1 heterocycles. The largest absolute Gasteiger partial charge is 0.397 e. The Bertz CT molecular complexity index is 741. The summed E-state index contributed by atoms with van der Waals surface area (Å²) < 4.78 is 0. The highest BCUT2D eigenvalue weighted by molar-refractivity contribution is 5.96. The minimum Gasteiger partial charge on any atom is -0.397 e. The Kier molecular flexibility index (Phi) is 4.74. The monoisotopic (exact) mass is 323 g/mol.